The van der Waals surface area contributed by atoms with Crippen molar-refractivity contribution in [2.75, 3.05) is 0 Å². The second-order valence-electron chi connectivity index (χ2n) is 3.18. The molecule has 10 heteroatoms. The van der Waals surface area contributed by atoms with E-state index < -0.39 is 37.9 Å². The van der Waals surface area contributed by atoms with E-state index in [2.05, 4.69) is 4.99 Å². The molecule has 0 bridgehead atoms. The predicted octanol–water partition coefficient (Wildman–Crippen LogP) is 2.42. The smallest absolute Gasteiger partial charge is 0.217 e. The van der Waals surface area contributed by atoms with Crippen molar-refractivity contribution in [2.45, 2.75) is 16.6 Å². The third kappa shape index (κ3) is 2.64. The quantitative estimate of drug-likeness (QED) is 0.487. The number of alkyl halides is 4. The van der Waals surface area contributed by atoms with Gasteiger partial charge < -0.3 is 0 Å². The molecule has 1 aromatic rings. The Hall–Kier alpha value is -1.80. The first-order valence-electron chi connectivity index (χ1n) is 4.42. The number of hydrogen-bond donors (Lipinski definition) is 0. The summed E-state index contributed by atoms with van der Waals surface area (Å²) in [6.45, 7) is 0. The largest absolute Gasteiger partial charge is 0.408 e. The van der Waals surface area contributed by atoms with E-state index in [4.69, 9.17) is 0 Å². The summed E-state index contributed by atoms with van der Waals surface area (Å²) in [7, 11) is -5.76. The molecule has 0 saturated carbocycles. The molecule has 0 N–H and O–H groups in total. The standard InChI is InChI=1S/C9H4F5NO3S/c10-6-3-5(1-2-7(6)15-4-16)19(17,18)9(13,14)8(11)12/h1-3,8H. The van der Waals surface area contributed by atoms with Crippen LogP contribution in [0, 0.1) is 5.82 Å². The number of rotatable bonds is 4. The van der Waals surface area contributed by atoms with Gasteiger partial charge in [-0.1, -0.05) is 0 Å². The summed E-state index contributed by atoms with van der Waals surface area (Å²) in [6.07, 6.45) is -3.52. The zero-order valence-corrected chi connectivity index (χ0v) is 9.60. The molecule has 4 nitrogen and oxygen atoms in total. The van der Waals surface area contributed by atoms with Crippen LogP contribution in [0.1, 0.15) is 0 Å². The molecule has 0 amide bonds. The van der Waals surface area contributed by atoms with Crippen molar-refractivity contribution in [3.63, 3.8) is 0 Å². The normalized spacial score (nSPS) is 12.3. The van der Waals surface area contributed by atoms with Crippen molar-refractivity contribution < 1.29 is 35.2 Å². The molecular weight excluding hydrogens is 297 g/mol. The minimum Gasteiger partial charge on any atom is -0.217 e. The third-order valence-corrected chi connectivity index (χ3v) is 3.78. The fraction of sp³-hybridized carbons (Fsp3) is 0.222. The van der Waals surface area contributed by atoms with E-state index in [1.807, 2.05) is 0 Å². The monoisotopic (exact) mass is 301 g/mol. The van der Waals surface area contributed by atoms with E-state index in [0.29, 0.717) is 12.1 Å². The Morgan fingerprint density at radius 1 is 1.26 bits per heavy atom. The number of hydrogen-bond acceptors (Lipinski definition) is 4. The number of benzene rings is 1. The van der Waals surface area contributed by atoms with Crippen LogP contribution in [0.4, 0.5) is 27.6 Å². The van der Waals surface area contributed by atoms with E-state index in [1.165, 1.54) is 0 Å². The summed E-state index contributed by atoms with van der Waals surface area (Å²) in [4.78, 5) is 11.3. The van der Waals surface area contributed by atoms with Gasteiger partial charge in [-0.15, -0.1) is 0 Å². The Bertz CT molecular complexity index is 637. The molecule has 1 rings (SSSR count). The lowest BCUT2D eigenvalue weighted by Crippen LogP contribution is -2.36. The second kappa shape index (κ2) is 5.06. The zero-order valence-electron chi connectivity index (χ0n) is 8.78. The first-order chi connectivity index (χ1) is 8.64. The first-order valence-corrected chi connectivity index (χ1v) is 5.91. The topological polar surface area (TPSA) is 63.6 Å². The van der Waals surface area contributed by atoms with Gasteiger partial charge in [-0.25, -0.2) is 26.4 Å². The van der Waals surface area contributed by atoms with Gasteiger partial charge in [0.1, 0.15) is 5.69 Å². The summed E-state index contributed by atoms with van der Waals surface area (Å²) in [5.41, 5.74) is -0.658. The number of isocyanates is 1. The first kappa shape index (κ1) is 15.3. The van der Waals surface area contributed by atoms with Crippen molar-refractivity contribution >= 4 is 21.6 Å². The van der Waals surface area contributed by atoms with Gasteiger partial charge in [0.25, 0.3) is 0 Å². The van der Waals surface area contributed by atoms with Crippen molar-refractivity contribution in [1.82, 2.24) is 0 Å². The van der Waals surface area contributed by atoms with Crippen LogP contribution in [0.15, 0.2) is 28.1 Å². The van der Waals surface area contributed by atoms with Gasteiger partial charge >= 0.3 is 11.7 Å². The van der Waals surface area contributed by atoms with Gasteiger partial charge in [-0.05, 0) is 18.2 Å². The fourth-order valence-electron chi connectivity index (χ4n) is 1.07. The number of sulfone groups is 1. The van der Waals surface area contributed by atoms with Gasteiger partial charge in [0, 0.05) is 0 Å². The molecule has 0 aliphatic heterocycles. The van der Waals surface area contributed by atoms with Gasteiger partial charge in [0.2, 0.25) is 15.9 Å². The van der Waals surface area contributed by atoms with E-state index in [0.717, 1.165) is 6.08 Å². The van der Waals surface area contributed by atoms with Crippen molar-refractivity contribution in [3.8, 4) is 0 Å². The second-order valence-corrected chi connectivity index (χ2v) is 5.20. The lowest BCUT2D eigenvalue weighted by Gasteiger charge is -2.15. The Balaban J connectivity index is 3.40. The van der Waals surface area contributed by atoms with Crippen LogP contribution in [-0.4, -0.2) is 26.2 Å². The predicted molar refractivity (Wildman–Crippen MR) is 52.3 cm³/mol. The molecule has 0 aromatic heterocycles. The summed E-state index contributed by atoms with van der Waals surface area (Å²) in [5.74, 6) is -1.44. The van der Waals surface area contributed by atoms with Crippen LogP contribution < -0.4 is 0 Å². The molecule has 0 aliphatic rings. The number of nitrogens with zero attached hydrogens (tertiary/aromatic N) is 1. The van der Waals surface area contributed by atoms with Crippen molar-refractivity contribution in [1.29, 1.82) is 0 Å². The number of halogens is 5. The van der Waals surface area contributed by atoms with Crippen molar-refractivity contribution in [2.24, 2.45) is 4.99 Å². The number of carbonyl (C=O) groups excluding carboxylic acids is 1. The van der Waals surface area contributed by atoms with Crippen LogP contribution in [-0.2, 0) is 14.6 Å². The molecule has 0 spiro atoms. The molecule has 0 radical (unpaired) electrons. The summed E-state index contributed by atoms with van der Waals surface area (Å²) in [6, 6.07) is 1.08. The molecule has 0 aliphatic carbocycles. The molecule has 0 saturated heterocycles. The Morgan fingerprint density at radius 3 is 2.26 bits per heavy atom. The maximum absolute atomic E-state index is 13.2. The molecule has 0 heterocycles. The van der Waals surface area contributed by atoms with Crippen LogP contribution in [0.5, 0.6) is 0 Å². The molecule has 19 heavy (non-hydrogen) atoms. The number of aliphatic imine (C=N–C) groups is 1. The third-order valence-electron chi connectivity index (χ3n) is 2.01. The van der Waals surface area contributed by atoms with Gasteiger partial charge in [0.15, 0.2) is 5.82 Å². The van der Waals surface area contributed by atoms with Crippen LogP contribution >= 0.6 is 0 Å². The van der Waals surface area contributed by atoms with E-state index >= 15 is 0 Å². The summed E-state index contributed by atoms with van der Waals surface area (Å²) in [5, 5.41) is -5.35. The average molecular weight is 301 g/mol. The summed E-state index contributed by atoms with van der Waals surface area (Å²) >= 11 is 0. The highest BCUT2D eigenvalue weighted by atomic mass is 32.2. The fourth-order valence-corrected chi connectivity index (χ4v) is 2.12. The molecule has 104 valence electrons. The van der Waals surface area contributed by atoms with Crippen LogP contribution in [0.3, 0.4) is 0 Å². The minimum atomic E-state index is -5.76. The van der Waals surface area contributed by atoms with Gasteiger partial charge in [0.05, 0.1) is 4.90 Å². The molecule has 0 unspecified atom stereocenters. The van der Waals surface area contributed by atoms with Crippen LogP contribution in [0.25, 0.3) is 0 Å². The van der Waals surface area contributed by atoms with E-state index in [-0.39, 0.29) is 6.07 Å². The maximum atomic E-state index is 13.2. The van der Waals surface area contributed by atoms with E-state index in [9.17, 15) is 35.2 Å². The highest BCUT2D eigenvalue weighted by Crippen LogP contribution is 2.35. The molecular formula is C9H4F5NO3S. The lowest BCUT2D eigenvalue weighted by molar-refractivity contribution is -0.0636. The van der Waals surface area contributed by atoms with Crippen LogP contribution in [0.2, 0.25) is 0 Å². The highest BCUT2D eigenvalue weighted by molar-refractivity contribution is 7.92. The molecule has 0 atom stereocenters. The van der Waals surface area contributed by atoms with Gasteiger partial charge in [-0.2, -0.15) is 13.8 Å². The minimum absolute atomic E-state index is 0.0712. The lowest BCUT2D eigenvalue weighted by atomic mass is 10.3. The SMILES string of the molecule is O=C=Nc1ccc(S(=O)(=O)C(F)(F)C(F)F)cc1F. The average Bonchev–Trinajstić information content (AvgIpc) is 2.31. The highest BCUT2D eigenvalue weighted by Gasteiger charge is 2.54. The molecule has 1 aromatic carbocycles. The van der Waals surface area contributed by atoms with Gasteiger partial charge in [-0.3, -0.25) is 0 Å². The summed E-state index contributed by atoms with van der Waals surface area (Å²) < 4.78 is 85.3. The Kier molecular flexibility index (Phi) is 4.06. The van der Waals surface area contributed by atoms with E-state index in [1.54, 1.807) is 0 Å². The Morgan fingerprint density at radius 2 is 1.84 bits per heavy atom. The maximum Gasteiger partial charge on any atom is 0.408 e. The zero-order chi connectivity index (χ0) is 14.8. The van der Waals surface area contributed by atoms with Crippen molar-refractivity contribution in [3.05, 3.63) is 24.0 Å². The molecule has 0 fully saturated rings. The Labute approximate surface area is 103 Å².